The molecule has 32 heavy (non-hydrogen) atoms. The molecule has 12 heteroatoms. The minimum atomic E-state index is -4.93. The average Bonchev–Trinajstić information content (AvgIpc) is 3.10. The zero-order valence-corrected chi connectivity index (χ0v) is 17.9. The third kappa shape index (κ3) is 4.24. The summed E-state index contributed by atoms with van der Waals surface area (Å²) >= 11 is 12.3. The number of benzene rings is 1. The summed E-state index contributed by atoms with van der Waals surface area (Å²) < 4.78 is 40.8. The van der Waals surface area contributed by atoms with Gasteiger partial charge in [-0.05, 0) is 43.2 Å². The second kappa shape index (κ2) is 8.59. The van der Waals surface area contributed by atoms with E-state index in [4.69, 9.17) is 23.2 Å². The van der Waals surface area contributed by atoms with Gasteiger partial charge in [0.1, 0.15) is 0 Å². The molecule has 0 spiro atoms. The van der Waals surface area contributed by atoms with Crippen LogP contribution in [-0.4, -0.2) is 49.4 Å². The van der Waals surface area contributed by atoms with Gasteiger partial charge in [-0.1, -0.05) is 23.2 Å². The van der Waals surface area contributed by atoms with Crippen LogP contribution in [0.15, 0.2) is 47.5 Å². The Hall–Kier alpha value is -2.85. The minimum Gasteiger partial charge on any atom is -0.335 e. The Morgan fingerprint density at radius 3 is 2.31 bits per heavy atom. The number of amides is 1. The molecule has 1 amide bonds. The summed E-state index contributed by atoms with van der Waals surface area (Å²) in [6, 6.07) is 7.69. The van der Waals surface area contributed by atoms with Gasteiger partial charge in [-0.3, -0.25) is 9.78 Å². The molecule has 2 aromatic heterocycles. The molecule has 0 saturated carbocycles. The van der Waals surface area contributed by atoms with Crippen LogP contribution >= 0.6 is 23.2 Å². The number of halogens is 5. The van der Waals surface area contributed by atoms with Crippen LogP contribution in [0.2, 0.25) is 10.0 Å². The van der Waals surface area contributed by atoms with Crippen LogP contribution in [0, 0.1) is 0 Å². The number of hydrogen-bond donors (Lipinski definition) is 0. The number of rotatable bonds is 3. The lowest BCUT2D eigenvalue weighted by Gasteiger charge is -2.31. The number of likely N-dealkylation sites (tertiary alicyclic amines) is 1. The van der Waals surface area contributed by atoms with E-state index in [2.05, 4.69) is 10.1 Å². The Bertz CT molecular complexity index is 1200. The molecule has 7 nitrogen and oxygen atoms in total. The predicted molar refractivity (Wildman–Crippen MR) is 112 cm³/mol. The standard InChI is InChI=1S/C20H16Cl2F3N5O2/c21-12-1-3-13(4-2-12)29-17(15-5-8-26-11-16(15)22)27-30(19(29)32)14-6-9-28(10-7-14)18(31)20(23,24)25/h1-5,8,11,14H,6-7,9-10H2. The number of alkyl halides is 3. The normalized spacial score (nSPS) is 15.2. The smallest absolute Gasteiger partial charge is 0.335 e. The van der Waals surface area contributed by atoms with E-state index >= 15 is 0 Å². The fourth-order valence-electron chi connectivity index (χ4n) is 3.67. The zero-order chi connectivity index (χ0) is 23.0. The number of carbonyl (C=O) groups excluding carboxylic acids is 1. The Morgan fingerprint density at radius 1 is 1.06 bits per heavy atom. The van der Waals surface area contributed by atoms with Gasteiger partial charge < -0.3 is 4.90 Å². The highest BCUT2D eigenvalue weighted by Gasteiger charge is 2.43. The first-order valence-electron chi connectivity index (χ1n) is 9.60. The monoisotopic (exact) mass is 485 g/mol. The Kier molecular flexibility index (Phi) is 6.00. The molecule has 4 rings (SSSR count). The van der Waals surface area contributed by atoms with E-state index in [9.17, 15) is 22.8 Å². The van der Waals surface area contributed by atoms with Crippen LogP contribution in [0.3, 0.4) is 0 Å². The van der Waals surface area contributed by atoms with Crippen molar-refractivity contribution in [1.29, 1.82) is 0 Å². The lowest BCUT2D eigenvalue weighted by atomic mass is 10.1. The molecule has 3 aromatic rings. The maximum atomic E-state index is 13.3. The van der Waals surface area contributed by atoms with Gasteiger partial charge in [0.05, 0.1) is 16.8 Å². The van der Waals surface area contributed by atoms with Crippen molar-refractivity contribution in [2.45, 2.75) is 25.1 Å². The predicted octanol–water partition coefficient (Wildman–Crippen LogP) is 4.13. The molecule has 1 aliphatic rings. The molecule has 0 bridgehead atoms. The first kappa shape index (κ1) is 22.3. The molecule has 1 aliphatic heterocycles. The van der Waals surface area contributed by atoms with Crippen molar-refractivity contribution in [3.8, 4) is 17.1 Å². The second-order valence-electron chi connectivity index (χ2n) is 7.24. The van der Waals surface area contributed by atoms with Gasteiger partial charge in [0.25, 0.3) is 0 Å². The quantitative estimate of drug-likeness (QED) is 0.559. The number of carbonyl (C=O) groups is 1. The minimum absolute atomic E-state index is 0.130. The molecule has 168 valence electrons. The molecule has 1 saturated heterocycles. The number of nitrogens with zero attached hydrogens (tertiary/aromatic N) is 5. The lowest BCUT2D eigenvalue weighted by molar-refractivity contribution is -0.186. The van der Waals surface area contributed by atoms with Crippen LogP contribution < -0.4 is 5.69 Å². The number of aromatic nitrogens is 4. The van der Waals surface area contributed by atoms with E-state index in [-0.39, 0.29) is 36.8 Å². The van der Waals surface area contributed by atoms with Crippen molar-refractivity contribution in [3.63, 3.8) is 0 Å². The molecule has 1 fully saturated rings. The molecule has 0 unspecified atom stereocenters. The summed E-state index contributed by atoms with van der Waals surface area (Å²) in [5.41, 5.74) is 0.492. The van der Waals surface area contributed by atoms with Crippen LogP contribution in [0.25, 0.3) is 17.1 Å². The van der Waals surface area contributed by atoms with Crippen molar-refractivity contribution in [2.24, 2.45) is 0 Å². The van der Waals surface area contributed by atoms with Crippen LogP contribution in [-0.2, 0) is 4.79 Å². The summed E-state index contributed by atoms with van der Waals surface area (Å²) in [5, 5.41) is 5.25. The number of pyridine rings is 1. The maximum absolute atomic E-state index is 13.3. The second-order valence-corrected chi connectivity index (χ2v) is 8.08. The first-order chi connectivity index (χ1) is 15.2. The average molecular weight is 486 g/mol. The lowest BCUT2D eigenvalue weighted by Crippen LogP contribution is -2.46. The highest BCUT2D eigenvalue weighted by atomic mass is 35.5. The fraction of sp³-hybridized carbons (Fsp3) is 0.300. The van der Waals surface area contributed by atoms with Gasteiger partial charge in [0, 0.05) is 36.1 Å². The van der Waals surface area contributed by atoms with Gasteiger partial charge in [0.2, 0.25) is 0 Å². The maximum Gasteiger partial charge on any atom is 0.471 e. The van der Waals surface area contributed by atoms with Crippen molar-refractivity contribution >= 4 is 29.1 Å². The summed E-state index contributed by atoms with van der Waals surface area (Å²) in [6.45, 7) is -0.261. The van der Waals surface area contributed by atoms with Gasteiger partial charge in [-0.15, -0.1) is 5.10 Å². The van der Waals surface area contributed by atoms with Crippen molar-refractivity contribution in [1.82, 2.24) is 24.2 Å². The Labute approximate surface area is 190 Å². The Morgan fingerprint density at radius 2 is 1.72 bits per heavy atom. The molecule has 1 aromatic carbocycles. The fourth-order valence-corrected chi connectivity index (χ4v) is 4.00. The summed E-state index contributed by atoms with van der Waals surface area (Å²) in [5.74, 6) is -1.61. The largest absolute Gasteiger partial charge is 0.471 e. The third-order valence-electron chi connectivity index (χ3n) is 5.24. The summed E-state index contributed by atoms with van der Waals surface area (Å²) in [7, 11) is 0. The van der Waals surface area contributed by atoms with Gasteiger partial charge in [-0.2, -0.15) is 13.2 Å². The SMILES string of the molecule is O=C(N1CCC(n2nc(-c3ccncc3Cl)n(-c3ccc(Cl)cc3)c2=O)CC1)C(F)(F)F. The molecule has 0 atom stereocenters. The molecule has 3 heterocycles. The summed E-state index contributed by atoms with van der Waals surface area (Å²) in [4.78, 5) is 29.5. The van der Waals surface area contributed by atoms with Crippen LogP contribution in [0.1, 0.15) is 18.9 Å². The first-order valence-corrected chi connectivity index (χ1v) is 10.4. The number of hydrogen-bond acceptors (Lipinski definition) is 4. The molecule has 0 radical (unpaired) electrons. The van der Waals surface area contributed by atoms with Crippen LogP contribution in [0.5, 0.6) is 0 Å². The van der Waals surface area contributed by atoms with E-state index < -0.39 is 23.8 Å². The zero-order valence-electron chi connectivity index (χ0n) is 16.4. The molecule has 0 aliphatic carbocycles. The van der Waals surface area contributed by atoms with Gasteiger partial charge in [0.15, 0.2) is 5.82 Å². The van der Waals surface area contributed by atoms with Crippen molar-refractivity contribution < 1.29 is 18.0 Å². The van der Waals surface area contributed by atoms with E-state index in [1.807, 2.05) is 0 Å². The van der Waals surface area contributed by atoms with E-state index in [1.54, 1.807) is 30.3 Å². The van der Waals surface area contributed by atoms with Crippen LogP contribution in [0.4, 0.5) is 13.2 Å². The topological polar surface area (TPSA) is 73.0 Å². The third-order valence-corrected chi connectivity index (χ3v) is 5.79. The van der Waals surface area contributed by atoms with Gasteiger partial charge in [-0.25, -0.2) is 14.0 Å². The van der Waals surface area contributed by atoms with Gasteiger partial charge >= 0.3 is 17.8 Å². The Balaban J connectivity index is 1.73. The van der Waals surface area contributed by atoms with E-state index in [0.29, 0.717) is 16.3 Å². The van der Waals surface area contributed by atoms with Crippen molar-refractivity contribution in [3.05, 3.63) is 63.3 Å². The molecular formula is C20H16Cl2F3N5O2. The van der Waals surface area contributed by atoms with E-state index in [1.165, 1.54) is 21.6 Å². The number of piperidine rings is 1. The molecule has 0 N–H and O–H groups in total. The summed E-state index contributed by atoms with van der Waals surface area (Å²) in [6.07, 6.45) is -1.68. The molecular weight excluding hydrogens is 470 g/mol. The highest BCUT2D eigenvalue weighted by molar-refractivity contribution is 6.33. The van der Waals surface area contributed by atoms with E-state index in [0.717, 1.165) is 4.90 Å². The van der Waals surface area contributed by atoms with Crippen molar-refractivity contribution in [2.75, 3.05) is 13.1 Å². The highest BCUT2D eigenvalue weighted by Crippen LogP contribution is 2.30.